The number of benzene rings is 1. The molecule has 0 bridgehead atoms. The Morgan fingerprint density at radius 1 is 1.00 bits per heavy atom. The molecule has 0 saturated carbocycles. The summed E-state index contributed by atoms with van der Waals surface area (Å²) in [6.45, 7) is 12.2. The standard InChI is InChI=1S/C17H22O3/c1-9(18)11-7-13-14(8-12(11)15(19)20)17(5,6)10(2)16(13,3)4/h7-8,10H,1-6H3,(H,19,20). The number of ketones is 1. The third kappa shape index (κ3) is 1.80. The first kappa shape index (κ1) is 14.8. The molecule has 0 spiro atoms. The van der Waals surface area contributed by atoms with Gasteiger partial charge in [0.2, 0.25) is 0 Å². The zero-order chi connectivity index (χ0) is 15.5. The van der Waals surface area contributed by atoms with Crippen molar-refractivity contribution in [1.82, 2.24) is 0 Å². The predicted octanol–water partition coefficient (Wildman–Crippen LogP) is 3.79. The number of rotatable bonds is 2. The Bertz CT molecular complexity index is 556. The van der Waals surface area contributed by atoms with E-state index >= 15 is 0 Å². The molecule has 0 fully saturated rings. The lowest BCUT2D eigenvalue weighted by molar-refractivity contribution is 0.0692. The Morgan fingerprint density at radius 2 is 1.40 bits per heavy atom. The topological polar surface area (TPSA) is 54.4 Å². The van der Waals surface area contributed by atoms with E-state index in [9.17, 15) is 14.7 Å². The van der Waals surface area contributed by atoms with E-state index < -0.39 is 5.97 Å². The number of Topliss-reactive ketones (excluding diaryl/α,β-unsaturated/α-hetero) is 1. The SMILES string of the molecule is CC(=O)c1cc2c(cc1C(=O)O)C(C)(C)C(C)C2(C)C. The number of carboxylic acids is 1. The summed E-state index contributed by atoms with van der Waals surface area (Å²) in [6.07, 6.45) is 0. The van der Waals surface area contributed by atoms with Crippen LogP contribution in [0.3, 0.4) is 0 Å². The van der Waals surface area contributed by atoms with Crippen molar-refractivity contribution in [1.29, 1.82) is 0 Å². The fraction of sp³-hybridized carbons (Fsp3) is 0.529. The van der Waals surface area contributed by atoms with Gasteiger partial charge in [0.25, 0.3) is 0 Å². The number of carbonyl (C=O) groups excluding carboxylic acids is 1. The highest BCUT2D eigenvalue weighted by molar-refractivity contribution is 6.05. The minimum atomic E-state index is -1.04. The smallest absolute Gasteiger partial charge is 0.336 e. The minimum Gasteiger partial charge on any atom is -0.478 e. The van der Waals surface area contributed by atoms with Gasteiger partial charge in [-0.15, -0.1) is 0 Å². The molecule has 0 aliphatic heterocycles. The first-order valence-electron chi connectivity index (χ1n) is 6.94. The maximum absolute atomic E-state index is 11.8. The van der Waals surface area contributed by atoms with Crippen LogP contribution >= 0.6 is 0 Å². The Morgan fingerprint density at radius 3 is 1.75 bits per heavy atom. The van der Waals surface area contributed by atoms with Gasteiger partial charge in [-0.3, -0.25) is 4.79 Å². The van der Waals surface area contributed by atoms with Gasteiger partial charge >= 0.3 is 5.97 Å². The van der Waals surface area contributed by atoms with Crippen molar-refractivity contribution in [2.75, 3.05) is 0 Å². The molecule has 3 heteroatoms. The van der Waals surface area contributed by atoms with Crippen molar-refractivity contribution in [2.45, 2.75) is 52.4 Å². The van der Waals surface area contributed by atoms with Gasteiger partial charge in [0, 0.05) is 5.56 Å². The van der Waals surface area contributed by atoms with Gasteiger partial charge in [0.15, 0.2) is 5.78 Å². The Kier molecular flexibility index (Phi) is 3.08. The molecule has 1 aromatic rings. The second kappa shape index (κ2) is 4.18. The molecular formula is C17H22O3. The molecule has 2 rings (SSSR count). The second-order valence-electron chi connectivity index (χ2n) is 6.97. The highest BCUT2D eigenvalue weighted by atomic mass is 16.4. The van der Waals surface area contributed by atoms with Crippen LogP contribution in [-0.2, 0) is 10.8 Å². The van der Waals surface area contributed by atoms with Gasteiger partial charge in [-0.25, -0.2) is 4.79 Å². The van der Waals surface area contributed by atoms with Crippen molar-refractivity contribution in [3.8, 4) is 0 Å². The summed E-state index contributed by atoms with van der Waals surface area (Å²) < 4.78 is 0. The van der Waals surface area contributed by atoms with Gasteiger partial charge < -0.3 is 5.11 Å². The van der Waals surface area contributed by atoms with Gasteiger partial charge in [-0.05, 0) is 46.9 Å². The van der Waals surface area contributed by atoms with E-state index in [1.165, 1.54) is 6.92 Å². The van der Waals surface area contributed by atoms with Crippen LogP contribution in [0.15, 0.2) is 12.1 Å². The molecule has 1 aliphatic carbocycles. The fourth-order valence-corrected chi connectivity index (χ4v) is 3.50. The number of aromatic carboxylic acids is 1. The number of carbonyl (C=O) groups is 2. The summed E-state index contributed by atoms with van der Waals surface area (Å²) in [5.41, 5.74) is 2.42. The Labute approximate surface area is 120 Å². The lowest BCUT2D eigenvalue weighted by atomic mass is 9.71. The van der Waals surface area contributed by atoms with Gasteiger partial charge in [0.05, 0.1) is 5.56 Å². The van der Waals surface area contributed by atoms with E-state index in [2.05, 4.69) is 34.6 Å². The maximum atomic E-state index is 11.8. The average molecular weight is 274 g/mol. The number of carboxylic acid groups (broad SMARTS) is 1. The molecule has 20 heavy (non-hydrogen) atoms. The quantitative estimate of drug-likeness (QED) is 0.835. The van der Waals surface area contributed by atoms with Gasteiger partial charge in [0.1, 0.15) is 0 Å². The third-order valence-corrected chi connectivity index (χ3v) is 5.32. The highest BCUT2D eigenvalue weighted by Crippen LogP contribution is 2.54. The number of hydrogen-bond donors (Lipinski definition) is 1. The fourth-order valence-electron chi connectivity index (χ4n) is 3.50. The highest BCUT2D eigenvalue weighted by Gasteiger charge is 2.49. The van der Waals surface area contributed by atoms with E-state index in [-0.39, 0.29) is 22.2 Å². The molecule has 1 N–H and O–H groups in total. The van der Waals surface area contributed by atoms with Crippen molar-refractivity contribution < 1.29 is 14.7 Å². The van der Waals surface area contributed by atoms with Crippen LogP contribution in [-0.4, -0.2) is 16.9 Å². The average Bonchev–Trinajstić information content (AvgIpc) is 2.47. The number of hydrogen-bond acceptors (Lipinski definition) is 2. The molecule has 1 aliphatic rings. The van der Waals surface area contributed by atoms with Gasteiger partial charge in [-0.2, -0.15) is 0 Å². The zero-order valence-electron chi connectivity index (χ0n) is 13.0. The van der Waals surface area contributed by atoms with Crippen LogP contribution in [0.25, 0.3) is 0 Å². The molecule has 1 atom stereocenters. The second-order valence-corrected chi connectivity index (χ2v) is 6.97. The third-order valence-electron chi connectivity index (χ3n) is 5.32. The summed E-state index contributed by atoms with van der Waals surface area (Å²) in [7, 11) is 0. The molecule has 108 valence electrons. The lowest BCUT2D eigenvalue weighted by Crippen LogP contribution is -2.30. The monoisotopic (exact) mass is 274 g/mol. The summed E-state index contributed by atoms with van der Waals surface area (Å²) in [5, 5.41) is 9.36. The minimum absolute atomic E-state index is 0.0694. The van der Waals surface area contributed by atoms with Crippen molar-refractivity contribution >= 4 is 11.8 Å². The van der Waals surface area contributed by atoms with Crippen LogP contribution in [0.1, 0.15) is 73.4 Å². The van der Waals surface area contributed by atoms with E-state index in [0.717, 1.165) is 11.1 Å². The van der Waals surface area contributed by atoms with E-state index in [1.54, 1.807) is 12.1 Å². The molecular weight excluding hydrogens is 252 g/mol. The summed E-state index contributed by atoms with van der Waals surface area (Å²) in [6, 6.07) is 3.51. The Balaban J connectivity index is 2.83. The summed E-state index contributed by atoms with van der Waals surface area (Å²) >= 11 is 0. The molecule has 0 saturated heterocycles. The first-order valence-corrected chi connectivity index (χ1v) is 6.94. The molecule has 1 aromatic carbocycles. The number of fused-ring (bicyclic) bond motifs is 1. The van der Waals surface area contributed by atoms with Crippen LogP contribution in [0.5, 0.6) is 0 Å². The predicted molar refractivity (Wildman–Crippen MR) is 78.6 cm³/mol. The molecule has 3 nitrogen and oxygen atoms in total. The van der Waals surface area contributed by atoms with E-state index in [0.29, 0.717) is 11.5 Å². The van der Waals surface area contributed by atoms with E-state index in [1.807, 2.05) is 0 Å². The van der Waals surface area contributed by atoms with Crippen LogP contribution < -0.4 is 0 Å². The van der Waals surface area contributed by atoms with E-state index in [4.69, 9.17) is 0 Å². The van der Waals surface area contributed by atoms with Crippen molar-refractivity contribution in [3.63, 3.8) is 0 Å². The molecule has 0 amide bonds. The van der Waals surface area contributed by atoms with Crippen molar-refractivity contribution in [2.24, 2.45) is 5.92 Å². The first-order chi connectivity index (χ1) is 9.01. The van der Waals surface area contributed by atoms with Crippen molar-refractivity contribution in [3.05, 3.63) is 34.4 Å². The zero-order valence-corrected chi connectivity index (χ0v) is 13.0. The molecule has 0 heterocycles. The normalized spacial score (nSPS) is 22.4. The Hall–Kier alpha value is -1.64. The van der Waals surface area contributed by atoms with Crippen LogP contribution in [0, 0.1) is 5.92 Å². The summed E-state index contributed by atoms with van der Waals surface area (Å²) in [5.74, 6) is -0.863. The largest absolute Gasteiger partial charge is 0.478 e. The maximum Gasteiger partial charge on any atom is 0.336 e. The van der Waals surface area contributed by atoms with Crippen LogP contribution in [0.2, 0.25) is 0 Å². The molecule has 0 radical (unpaired) electrons. The molecule has 1 unspecified atom stereocenters. The van der Waals surface area contributed by atoms with Crippen LogP contribution in [0.4, 0.5) is 0 Å². The summed E-state index contributed by atoms with van der Waals surface area (Å²) in [4.78, 5) is 23.2. The lowest BCUT2D eigenvalue weighted by Gasteiger charge is -2.32. The molecule has 0 aromatic heterocycles. The van der Waals surface area contributed by atoms with Gasteiger partial charge in [-0.1, -0.05) is 34.6 Å².